The molecule has 1 aliphatic carbocycles. The van der Waals surface area contributed by atoms with E-state index in [0.29, 0.717) is 33.6 Å². The monoisotopic (exact) mass is 388 g/mol. The van der Waals surface area contributed by atoms with Crippen LogP contribution in [0.15, 0.2) is 12.1 Å². The van der Waals surface area contributed by atoms with Crippen LogP contribution in [0.4, 0.5) is 4.39 Å². The molecule has 0 bridgehead atoms. The molecule has 0 unspecified atom stereocenters. The second kappa shape index (κ2) is 7.45. The van der Waals surface area contributed by atoms with Crippen molar-refractivity contribution in [2.75, 3.05) is 0 Å². The van der Waals surface area contributed by atoms with Crippen molar-refractivity contribution in [3.63, 3.8) is 0 Å². The molecule has 1 amide bonds. The molecule has 5 nitrogen and oxygen atoms in total. The summed E-state index contributed by atoms with van der Waals surface area (Å²) in [6.45, 7) is 3.28. The van der Waals surface area contributed by atoms with Crippen LogP contribution in [0.3, 0.4) is 0 Å². The highest BCUT2D eigenvalue weighted by Crippen LogP contribution is 2.40. The smallest absolute Gasteiger partial charge is 0.337 e. The van der Waals surface area contributed by atoms with Crippen molar-refractivity contribution in [1.29, 1.82) is 0 Å². The predicted octanol–water partition coefficient (Wildman–Crippen LogP) is 4.04. The number of aryl methyl sites for hydroxylation is 1. The maximum Gasteiger partial charge on any atom is 0.337 e. The molecule has 27 heavy (non-hydrogen) atoms. The number of hydrogen-bond acceptors (Lipinski definition) is 2. The number of fused-ring (bicyclic) bond motifs is 1. The number of carbonyl (C=O) groups is 2. The second-order valence-electron chi connectivity index (χ2n) is 6.44. The van der Waals surface area contributed by atoms with Gasteiger partial charge in [-0.2, -0.15) is 0 Å². The van der Waals surface area contributed by atoms with Crippen LogP contribution < -0.4 is 5.32 Å². The number of benzene rings is 1. The number of rotatable bonds is 3. The van der Waals surface area contributed by atoms with E-state index in [-0.39, 0.29) is 23.1 Å². The van der Waals surface area contributed by atoms with Gasteiger partial charge in [0.2, 0.25) is 0 Å². The van der Waals surface area contributed by atoms with Crippen LogP contribution in [0.25, 0.3) is 16.5 Å². The van der Waals surface area contributed by atoms with Gasteiger partial charge in [0.1, 0.15) is 5.82 Å². The van der Waals surface area contributed by atoms with Crippen molar-refractivity contribution >= 4 is 40.0 Å². The maximum atomic E-state index is 14.9. The number of aromatic nitrogens is 1. The molecular formula is C20H18ClFN2O3. The van der Waals surface area contributed by atoms with Crippen LogP contribution in [-0.4, -0.2) is 28.0 Å². The lowest BCUT2D eigenvalue weighted by molar-refractivity contribution is -0.116. The van der Waals surface area contributed by atoms with Gasteiger partial charge in [-0.15, -0.1) is 0 Å². The Morgan fingerprint density at radius 2 is 2.19 bits per heavy atom. The molecule has 2 aromatic rings. The summed E-state index contributed by atoms with van der Waals surface area (Å²) in [5, 5.41) is 12.8. The molecular weight excluding hydrogens is 371 g/mol. The van der Waals surface area contributed by atoms with Crippen LogP contribution in [0.2, 0.25) is 5.02 Å². The average Bonchev–Trinajstić information content (AvgIpc) is 2.90. The molecule has 7 heteroatoms. The van der Waals surface area contributed by atoms with Crippen LogP contribution in [0.1, 0.15) is 47.8 Å². The number of hydrogen-bond donors (Lipinski definition) is 3. The van der Waals surface area contributed by atoms with E-state index in [1.54, 1.807) is 19.9 Å². The largest absolute Gasteiger partial charge is 0.478 e. The van der Waals surface area contributed by atoms with Gasteiger partial charge in [-0.05, 0) is 50.7 Å². The van der Waals surface area contributed by atoms with E-state index in [1.165, 1.54) is 0 Å². The van der Waals surface area contributed by atoms with Gasteiger partial charge in [0.25, 0.3) is 5.91 Å². The third kappa shape index (κ3) is 3.56. The van der Waals surface area contributed by atoms with E-state index >= 15 is 0 Å². The molecule has 3 rings (SSSR count). The molecule has 0 aliphatic heterocycles. The van der Waals surface area contributed by atoms with E-state index in [4.69, 9.17) is 11.6 Å². The Hall–Kier alpha value is -2.78. The molecule has 0 spiro atoms. The molecule has 1 aromatic heterocycles. The fourth-order valence-electron chi connectivity index (χ4n) is 3.47. The van der Waals surface area contributed by atoms with Crippen LogP contribution in [0.5, 0.6) is 0 Å². The minimum atomic E-state index is -1.23. The minimum absolute atomic E-state index is 0.166. The molecule has 0 radical (unpaired) electrons. The predicted molar refractivity (Wildman–Crippen MR) is 102 cm³/mol. The molecule has 0 saturated heterocycles. The number of allylic oxidation sites excluding steroid dienone is 1. The number of carboxylic acids is 1. The highest BCUT2D eigenvalue weighted by atomic mass is 35.5. The van der Waals surface area contributed by atoms with Gasteiger partial charge in [0.05, 0.1) is 16.1 Å². The number of carboxylic acid groups (broad SMARTS) is 1. The van der Waals surface area contributed by atoms with Crippen molar-refractivity contribution in [3.8, 4) is 11.8 Å². The first-order chi connectivity index (χ1) is 12.8. The van der Waals surface area contributed by atoms with Crippen molar-refractivity contribution in [2.45, 2.75) is 39.2 Å². The molecule has 1 aliphatic rings. The molecule has 1 aromatic carbocycles. The lowest BCUT2D eigenvalue weighted by Crippen LogP contribution is -2.33. The Morgan fingerprint density at radius 3 is 2.85 bits per heavy atom. The average molecular weight is 389 g/mol. The van der Waals surface area contributed by atoms with E-state index in [2.05, 4.69) is 22.1 Å². The molecule has 0 fully saturated rings. The second-order valence-corrected chi connectivity index (χ2v) is 6.82. The van der Waals surface area contributed by atoms with Crippen molar-refractivity contribution in [3.05, 3.63) is 39.8 Å². The Labute approximate surface area is 160 Å². The number of halogens is 2. The van der Waals surface area contributed by atoms with Gasteiger partial charge in [-0.25, -0.2) is 9.18 Å². The summed E-state index contributed by atoms with van der Waals surface area (Å²) < 4.78 is 14.9. The van der Waals surface area contributed by atoms with Crippen LogP contribution in [-0.2, 0) is 4.79 Å². The van der Waals surface area contributed by atoms with Gasteiger partial charge in [-0.3, -0.25) is 4.79 Å². The maximum absolute atomic E-state index is 14.9. The van der Waals surface area contributed by atoms with Crippen LogP contribution in [0, 0.1) is 24.6 Å². The molecule has 1 heterocycles. The molecule has 3 N–H and O–H groups in total. The molecule has 1 atom stereocenters. The first-order valence-electron chi connectivity index (χ1n) is 8.51. The zero-order chi connectivity index (χ0) is 19.7. The fraction of sp³-hybridized carbons (Fsp3) is 0.300. The third-order valence-corrected chi connectivity index (χ3v) is 5.08. The van der Waals surface area contributed by atoms with E-state index < -0.39 is 11.8 Å². The van der Waals surface area contributed by atoms with Gasteiger partial charge in [0, 0.05) is 22.7 Å². The quantitative estimate of drug-likeness (QED) is 0.694. The summed E-state index contributed by atoms with van der Waals surface area (Å²) in [6, 6.07) is 0.743. The highest BCUT2D eigenvalue weighted by Gasteiger charge is 2.25. The Balaban J connectivity index is 2.16. The normalized spacial score (nSPS) is 16.4. The summed E-state index contributed by atoms with van der Waals surface area (Å²) in [7, 11) is 0. The van der Waals surface area contributed by atoms with Crippen molar-refractivity contribution < 1.29 is 19.1 Å². The van der Waals surface area contributed by atoms with Gasteiger partial charge < -0.3 is 15.4 Å². The number of carbonyl (C=O) groups excluding carboxylic acids is 1. The lowest BCUT2D eigenvalue weighted by atomic mass is 9.88. The zero-order valence-corrected chi connectivity index (χ0v) is 15.6. The topological polar surface area (TPSA) is 82.2 Å². The Kier molecular flexibility index (Phi) is 5.24. The first-order valence-corrected chi connectivity index (χ1v) is 8.89. The van der Waals surface area contributed by atoms with Crippen molar-refractivity contribution in [2.24, 2.45) is 0 Å². The summed E-state index contributed by atoms with van der Waals surface area (Å²) in [6.07, 6.45) is 3.87. The zero-order valence-electron chi connectivity index (χ0n) is 14.9. The standard InChI is InChI=1S/C20H18ClFN2O3/c1-3-5-15(25)24-12-7-4-6-11(8-12)16-14(22)9-13(20(26)27)19-17(16)18(21)10(2)23-19/h8-9,12,23H,4,6-7H2,1-2H3,(H,24,25)(H,26,27)/t12-/m0/s1. The third-order valence-electron chi connectivity index (χ3n) is 4.61. The van der Waals surface area contributed by atoms with Gasteiger partial charge in [-0.1, -0.05) is 23.6 Å². The number of nitrogens with one attached hydrogen (secondary N) is 2. The molecule has 0 saturated carbocycles. The van der Waals surface area contributed by atoms with Gasteiger partial charge >= 0.3 is 5.97 Å². The number of aromatic amines is 1. The van der Waals surface area contributed by atoms with E-state index in [1.807, 2.05) is 0 Å². The Morgan fingerprint density at radius 1 is 1.44 bits per heavy atom. The molecule has 140 valence electrons. The van der Waals surface area contributed by atoms with Gasteiger partial charge in [0.15, 0.2) is 0 Å². The van der Waals surface area contributed by atoms with Crippen molar-refractivity contribution in [1.82, 2.24) is 10.3 Å². The number of aromatic carboxylic acids is 1. The number of H-pyrrole nitrogens is 1. The lowest BCUT2D eigenvalue weighted by Gasteiger charge is -2.22. The SMILES string of the molecule is CC#CC(=O)N[C@@H]1C=C(c2c(F)cc(C(=O)O)c3[nH]c(C)c(Cl)c23)CCC1. The fourth-order valence-corrected chi connectivity index (χ4v) is 3.71. The summed E-state index contributed by atoms with van der Waals surface area (Å²) in [4.78, 5) is 26.2. The van der Waals surface area contributed by atoms with E-state index in [9.17, 15) is 19.1 Å². The Bertz CT molecular complexity index is 1040. The highest BCUT2D eigenvalue weighted by molar-refractivity contribution is 6.37. The first kappa shape index (κ1) is 19.0. The summed E-state index contributed by atoms with van der Waals surface area (Å²) >= 11 is 6.37. The minimum Gasteiger partial charge on any atom is -0.478 e. The summed E-state index contributed by atoms with van der Waals surface area (Å²) in [5.41, 5.74) is 1.67. The summed E-state index contributed by atoms with van der Waals surface area (Å²) in [5.74, 6) is 2.70. The van der Waals surface area contributed by atoms with Crippen LogP contribution >= 0.6 is 11.6 Å². The van der Waals surface area contributed by atoms with E-state index in [0.717, 1.165) is 18.9 Å². The number of amides is 1.